The van der Waals surface area contributed by atoms with Crippen molar-refractivity contribution in [1.82, 2.24) is 10.2 Å². The van der Waals surface area contributed by atoms with Crippen LogP contribution in [0.4, 0.5) is 14.9 Å². The summed E-state index contributed by atoms with van der Waals surface area (Å²) in [6.45, 7) is 4.14. The van der Waals surface area contributed by atoms with Crippen LogP contribution in [-0.4, -0.2) is 48.8 Å². The van der Waals surface area contributed by atoms with E-state index in [9.17, 15) is 9.18 Å². The van der Waals surface area contributed by atoms with Gasteiger partial charge in [0.15, 0.2) is 0 Å². The van der Waals surface area contributed by atoms with Gasteiger partial charge in [-0.3, -0.25) is 0 Å². The van der Waals surface area contributed by atoms with Crippen molar-refractivity contribution >= 4 is 11.7 Å². The minimum Gasteiger partial charge on any atom is -0.380 e. The van der Waals surface area contributed by atoms with Crippen molar-refractivity contribution in [3.8, 4) is 0 Å². The molecule has 2 unspecified atom stereocenters. The lowest BCUT2D eigenvalue weighted by molar-refractivity contribution is 0.0825. The number of amides is 2. The molecule has 1 aromatic carbocycles. The average molecular weight is 335 g/mol. The van der Waals surface area contributed by atoms with Crippen molar-refractivity contribution in [2.75, 3.05) is 25.0 Å². The van der Waals surface area contributed by atoms with Crippen molar-refractivity contribution in [3.63, 3.8) is 0 Å². The van der Waals surface area contributed by atoms with Crippen molar-refractivity contribution in [2.45, 2.75) is 50.8 Å². The quantitative estimate of drug-likeness (QED) is 0.889. The topological polar surface area (TPSA) is 53.6 Å². The third-order valence-corrected chi connectivity index (χ3v) is 4.89. The Morgan fingerprint density at radius 1 is 1.29 bits per heavy atom. The number of likely N-dealkylation sites (tertiary alicyclic amines) is 1. The van der Waals surface area contributed by atoms with E-state index in [1.165, 1.54) is 6.07 Å². The first kappa shape index (κ1) is 17.0. The molecule has 2 N–H and O–H groups in total. The van der Waals surface area contributed by atoms with Gasteiger partial charge in [-0.1, -0.05) is 12.1 Å². The number of para-hydroxylation sites is 1. The molecule has 5 nitrogen and oxygen atoms in total. The number of benzene rings is 1. The molecule has 2 amide bonds. The Balaban J connectivity index is 1.44. The number of nitrogens with one attached hydrogen (secondary N) is 2. The zero-order valence-electron chi connectivity index (χ0n) is 14.1. The fourth-order valence-electron chi connectivity index (χ4n) is 3.40. The summed E-state index contributed by atoms with van der Waals surface area (Å²) in [6.07, 6.45) is 3.84. The molecule has 2 aliphatic rings. The van der Waals surface area contributed by atoms with E-state index in [4.69, 9.17) is 4.74 Å². The Bertz CT molecular complexity index is 555. The molecular formula is C18H26FN3O2. The van der Waals surface area contributed by atoms with E-state index in [1.54, 1.807) is 12.1 Å². The number of carbonyl (C=O) groups excluding carboxylic acids is 1. The third-order valence-electron chi connectivity index (χ3n) is 4.89. The molecule has 1 aromatic rings. The van der Waals surface area contributed by atoms with Gasteiger partial charge in [-0.05, 0) is 44.7 Å². The second-order valence-corrected chi connectivity index (χ2v) is 6.68. The molecule has 2 aliphatic heterocycles. The van der Waals surface area contributed by atoms with Crippen molar-refractivity contribution in [2.24, 2.45) is 0 Å². The molecule has 0 aliphatic carbocycles. The maximum absolute atomic E-state index is 13.7. The van der Waals surface area contributed by atoms with E-state index in [-0.39, 0.29) is 30.0 Å². The summed E-state index contributed by atoms with van der Waals surface area (Å²) in [5.74, 6) is -0.233. The monoisotopic (exact) mass is 335 g/mol. The van der Waals surface area contributed by atoms with Gasteiger partial charge < -0.3 is 20.3 Å². The Morgan fingerprint density at radius 2 is 2.04 bits per heavy atom. The van der Waals surface area contributed by atoms with Gasteiger partial charge in [0, 0.05) is 25.7 Å². The number of rotatable bonds is 4. The van der Waals surface area contributed by atoms with Gasteiger partial charge in [-0.15, -0.1) is 0 Å². The standard InChI is InChI=1S/C18H26FN3O2/c1-13(17-7-4-12-24-17)20-18(23)22-10-8-14(9-11-22)21-16-6-3-2-5-15(16)19/h2-3,5-6,13-14,17,21H,4,7-12H2,1H3,(H,20,23). The number of urea groups is 1. The van der Waals surface area contributed by atoms with Gasteiger partial charge in [0.2, 0.25) is 0 Å². The first-order valence-corrected chi connectivity index (χ1v) is 8.81. The van der Waals surface area contributed by atoms with E-state index < -0.39 is 0 Å². The van der Waals surface area contributed by atoms with Gasteiger partial charge in [0.25, 0.3) is 0 Å². The van der Waals surface area contributed by atoms with E-state index in [2.05, 4.69) is 10.6 Å². The second-order valence-electron chi connectivity index (χ2n) is 6.68. The Labute approximate surface area is 142 Å². The first-order valence-electron chi connectivity index (χ1n) is 8.81. The molecule has 24 heavy (non-hydrogen) atoms. The van der Waals surface area contributed by atoms with Gasteiger partial charge in [-0.25, -0.2) is 9.18 Å². The predicted octanol–water partition coefficient (Wildman–Crippen LogP) is 2.98. The van der Waals surface area contributed by atoms with Crippen molar-refractivity contribution in [1.29, 1.82) is 0 Å². The van der Waals surface area contributed by atoms with Crippen LogP contribution < -0.4 is 10.6 Å². The number of nitrogens with zero attached hydrogens (tertiary/aromatic N) is 1. The zero-order valence-corrected chi connectivity index (χ0v) is 14.1. The lowest BCUT2D eigenvalue weighted by Crippen LogP contribution is -2.51. The summed E-state index contributed by atoms with van der Waals surface area (Å²) in [5.41, 5.74) is 0.535. The normalized spacial score (nSPS) is 23.1. The highest BCUT2D eigenvalue weighted by atomic mass is 19.1. The zero-order chi connectivity index (χ0) is 16.9. The van der Waals surface area contributed by atoms with Crippen LogP contribution in [0.25, 0.3) is 0 Å². The summed E-state index contributed by atoms with van der Waals surface area (Å²) >= 11 is 0. The fourth-order valence-corrected chi connectivity index (χ4v) is 3.40. The highest BCUT2D eigenvalue weighted by Gasteiger charge is 2.27. The average Bonchev–Trinajstić information content (AvgIpc) is 3.12. The number of hydrogen-bond donors (Lipinski definition) is 2. The minimum absolute atomic E-state index is 0.0256. The Kier molecular flexibility index (Phi) is 5.56. The lowest BCUT2D eigenvalue weighted by atomic mass is 10.0. The Hall–Kier alpha value is -1.82. The van der Waals surface area contributed by atoms with Gasteiger partial charge in [0.1, 0.15) is 5.82 Å². The van der Waals surface area contributed by atoms with E-state index in [1.807, 2.05) is 17.9 Å². The number of piperidine rings is 1. The molecule has 2 heterocycles. The highest BCUT2D eigenvalue weighted by molar-refractivity contribution is 5.74. The number of ether oxygens (including phenoxy) is 1. The number of halogens is 1. The molecular weight excluding hydrogens is 309 g/mol. The largest absolute Gasteiger partial charge is 0.380 e. The minimum atomic E-state index is -0.233. The van der Waals surface area contributed by atoms with Crippen LogP contribution in [0.5, 0.6) is 0 Å². The number of carbonyl (C=O) groups is 1. The maximum atomic E-state index is 13.7. The fraction of sp³-hybridized carbons (Fsp3) is 0.611. The van der Waals surface area contributed by atoms with Crippen LogP contribution in [0.3, 0.4) is 0 Å². The summed E-state index contributed by atoms with van der Waals surface area (Å²) in [6, 6.07) is 6.91. The molecule has 3 rings (SSSR count). The summed E-state index contributed by atoms with van der Waals surface area (Å²) in [5, 5.41) is 6.29. The predicted molar refractivity (Wildman–Crippen MR) is 91.6 cm³/mol. The summed E-state index contributed by atoms with van der Waals surface area (Å²) in [7, 11) is 0. The van der Waals surface area contributed by atoms with Crippen LogP contribution in [0.15, 0.2) is 24.3 Å². The lowest BCUT2D eigenvalue weighted by Gasteiger charge is -2.34. The van der Waals surface area contributed by atoms with Gasteiger partial charge in [0.05, 0.1) is 17.8 Å². The number of hydrogen-bond acceptors (Lipinski definition) is 3. The molecule has 0 radical (unpaired) electrons. The van der Waals surface area contributed by atoms with Crippen molar-refractivity contribution in [3.05, 3.63) is 30.1 Å². The van der Waals surface area contributed by atoms with Crippen LogP contribution in [0.1, 0.15) is 32.6 Å². The highest BCUT2D eigenvalue weighted by Crippen LogP contribution is 2.20. The second kappa shape index (κ2) is 7.83. The molecule has 2 atom stereocenters. The van der Waals surface area contributed by atoms with Crippen molar-refractivity contribution < 1.29 is 13.9 Å². The van der Waals surface area contributed by atoms with Gasteiger partial charge >= 0.3 is 6.03 Å². The maximum Gasteiger partial charge on any atom is 0.317 e. The molecule has 6 heteroatoms. The molecule has 0 saturated carbocycles. The number of anilines is 1. The molecule has 2 fully saturated rings. The molecule has 0 aromatic heterocycles. The van der Waals surface area contributed by atoms with Gasteiger partial charge in [-0.2, -0.15) is 0 Å². The Morgan fingerprint density at radius 3 is 2.71 bits per heavy atom. The smallest absolute Gasteiger partial charge is 0.317 e. The SMILES string of the molecule is CC(NC(=O)N1CCC(Nc2ccccc2F)CC1)C1CCCO1. The van der Waals surface area contributed by atoms with E-state index in [0.29, 0.717) is 18.8 Å². The molecule has 0 spiro atoms. The van der Waals surface area contributed by atoms with Crippen LogP contribution >= 0.6 is 0 Å². The van der Waals surface area contributed by atoms with E-state index in [0.717, 1.165) is 32.3 Å². The summed E-state index contributed by atoms with van der Waals surface area (Å²) in [4.78, 5) is 14.2. The van der Waals surface area contributed by atoms with Crippen LogP contribution in [0, 0.1) is 5.82 Å². The molecule has 0 bridgehead atoms. The summed E-state index contributed by atoms with van der Waals surface area (Å²) < 4.78 is 19.3. The van der Waals surface area contributed by atoms with Crippen LogP contribution in [-0.2, 0) is 4.74 Å². The van der Waals surface area contributed by atoms with Crippen LogP contribution in [0.2, 0.25) is 0 Å². The molecule has 132 valence electrons. The molecule has 2 saturated heterocycles. The first-order chi connectivity index (χ1) is 11.6. The van der Waals surface area contributed by atoms with E-state index >= 15 is 0 Å². The third kappa shape index (κ3) is 4.17.